The molecule has 0 N–H and O–H groups in total. The highest BCUT2D eigenvalue weighted by atomic mass is 16.5. The Labute approximate surface area is 137 Å². The van der Waals surface area contributed by atoms with E-state index >= 15 is 0 Å². The summed E-state index contributed by atoms with van der Waals surface area (Å²) in [4.78, 5) is 28.8. The van der Waals surface area contributed by atoms with Gasteiger partial charge in [0.05, 0.1) is 18.1 Å². The maximum absolute atomic E-state index is 12.8. The summed E-state index contributed by atoms with van der Waals surface area (Å²) in [5.41, 5.74) is 1.97. The quantitative estimate of drug-likeness (QED) is 0.838. The molecule has 0 aromatic heterocycles. The zero-order chi connectivity index (χ0) is 16.6. The molecule has 124 valence electrons. The number of aryl methyl sites for hydroxylation is 1. The van der Waals surface area contributed by atoms with Gasteiger partial charge < -0.3 is 14.5 Å². The number of rotatable bonds is 2. The molecule has 2 fully saturated rings. The summed E-state index contributed by atoms with van der Waals surface area (Å²) >= 11 is 0. The van der Waals surface area contributed by atoms with E-state index in [1.54, 1.807) is 4.90 Å². The summed E-state index contributed by atoms with van der Waals surface area (Å²) in [6, 6.07) is 7.82. The molecule has 3 rings (SSSR count). The van der Waals surface area contributed by atoms with Crippen LogP contribution in [0.15, 0.2) is 24.3 Å². The van der Waals surface area contributed by atoms with Gasteiger partial charge in [-0.25, -0.2) is 0 Å². The normalized spacial score (nSPS) is 28.3. The second-order valence-corrected chi connectivity index (χ2v) is 6.69. The van der Waals surface area contributed by atoms with Crippen LogP contribution in [0.2, 0.25) is 0 Å². The lowest BCUT2D eigenvalue weighted by atomic mass is 10.1. The van der Waals surface area contributed by atoms with Gasteiger partial charge in [0.25, 0.3) is 0 Å². The molecule has 0 radical (unpaired) electrons. The minimum Gasteiger partial charge on any atom is -0.372 e. The molecule has 2 saturated heterocycles. The van der Waals surface area contributed by atoms with Gasteiger partial charge >= 0.3 is 0 Å². The first-order valence-corrected chi connectivity index (χ1v) is 8.26. The summed E-state index contributed by atoms with van der Waals surface area (Å²) in [6.45, 7) is 7.65. The number of carbonyl (C=O) groups excluding carboxylic acids is 2. The SMILES string of the molecule is Cc1ccccc1N1C[C@@H](C(=O)N2C[C@@H](C)O[C@@H](C)C2)CC1=O. The number of ether oxygens (including phenoxy) is 1. The van der Waals surface area contributed by atoms with Crippen LogP contribution in [-0.2, 0) is 14.3 Å². The first-order valence-electron chi connectivity index (χ1n) is 8.26. The highest BCUT2D eigenvalue weighted by Gasteiger charge is 2.39. The van der Waals surface area contributed by atoms with Crippen LogP contribution in [-0.4, -0.2) is 48.6 Å². The molecule has 1 aromatic carbocycles. The zero-order valence-electron chi connectivity index (χ0n) is 14.0. The molecule has 2 aliphatic heterocycles. The third kappa shape index (κ3) is 3.24. The molecular formula is C18H24N2O3. The highest BCUT2D eigenvalue weighted by Crippen LogP contribution is 2.29. The monoisotopic (exact) mass is 316 g/mol. The van der Waals surface area contributed by atoms with Crippen LogP contribution in [0.3, 0.4) is 0 Å². The minimum atomic E-state index is -0.250. The van der Waals surface area contributed by atoms with Crippen LogP contribution < -0.4 is 4.90 Å². The molecule has 5 nitrogen and oxygen atoms in total. The molecule has 5 heteroatoms. The first-order chi connectivity index (χ1) is 11.0. The lowest BCUT2D eigenvalue weighted by molar-refractivity contribution is -0.147. The molecule has 2 heterocycles. The Bertz CT molecular complexity index is 606. The van der Waals surface area contributed by atoms with E-state index in [1.807, 2.05) is 49.9 Å². The van der Waals surface area contributed by atoms with Gasteiger partial charge in [-0.15, -0.1) is 0 Å². The molecule has 0 bridgehead atoms. The average Bonchev–Trinajstić information content (AvgIpc) is 2.88. The van der Waals surface area contributed by atoms with Gasteiger partial charge in [-0.3, -0.25) is 9.59 Å². The molecule has 2 amide bonds. The van der Waals surface area contributed by atoms with Crippen molar-refractivity contribution in [2.45, 2.75) is 39.4 Å². The largest absolute Gasteiger partial charge is 0.372 e. The zero-order valence-corrected chi connectivity index (χ0v) is 14.0. The van der Waals surface area contributed by atoms with Gasteiger partial charge in [-0.05, 0) is 32.4 Å². The molecule has 3 atom stereocenters. The van der Waals surface area contributed by atoms with Crippen LogP contribution in [0.4, 0.5) is 5.69 Å². The van der Waals surface area contributed by atoms with Gasteiger partial charge in [-0.2, -0.15) is 0 Å². The van der Waals surface area contributed by atoms with Crippen molar-refractivity contribution in [1.82, 2.24) is 4.90 Å². The number of anilines is 1. The van der Waals surface area contributed by atoms with E-state index < -0.39 is 0 Å². The maximum Gasteiger partial charge on any atom is 0.228 e. The van der Waals surface area contributed by atoms with Gasteiger partial charge in [0.15, 0.2) is 0 Å². The minimum absolute atomic E-state index is 0.0343. The van der Waals surface area contributed by atoms with Crippen molar-refractivity contribution >= 4 is 17.5 Å². The molecule has 23 heavy (non-hydrogen) atoms. The second-order valence-electron chi connectivity index (χ2n) is 6.69. The fourth-order valence-electron chi connectivity index (χ4n) is 3.59. The van der Waals surface area contributed by atoms with Gasteiger partial charge in [0.1, 0.15) is 0 Å². The van der Waals surface area contributed by atoms with E-state index in [4.69, 9.17) is 4.74 Å². The van der Waals surface area contributed by atoms with Gasteiger partial charge in [-0.1, -0.05) is 18.2 Å². The number of morpholine rings is 1. The van der Waals surface area contributed by atoms with Crippen LogP contribution in [0.5, 0.6) is 0 Å². The van der Waals surface area contributed by atoms with E-state index in [2.05, 4.69) is 0 Å². The molecule has 0 unspecified atom stereocenters. The molecule has 0 aliphatic carbocycles. The summed E-state index contributed by atoms with van der Waals surface area (Å²) in [7, 11) is 0. The fraction of sp³-hybridized carbons (Fsp3) is 0.556. The Morgan fingerprint density at radius 2 is 1.78 bits per heavy atom. The van der Waals surface area contributed by atoms with E-state index in [1.165, 1.54) is 0 Å². The number of amides is 2. The number of hydrogen-bond acceptors (Lipinski definition) is 3. The van der Waals surface area contributed by atoms with Crippen LogP contribution >= 0.6 is 0 Å². The predicted octanol–water partition coefficient (Wildman–Crippen LogP) is 1.98. The second kappa shape index (κ2) is 6.32. The lowest BCUT2D eigenvalue weighted by Crippen LogP contribution is -2.50. The Morgan fingerprint density at radius 3 is 2.43 bits per heavy atom. The summed E-state index contributed by atoms with van der Waals surface area (Å²) in [5, 5.41) is 0. The topological polar surface area (TPSA) is 49.9 Å². The smallest absolute Gasteiger partial charge is 0.228 e. The van der Waals surface area contributed by atoms with Gasteiger partial charge in [0.2, 0.25) is 11.8 Å². The molecule has 0 saturated carbocycles. The van der Waals surface area contributed by atoms with E-state index in [0.717, 1.165) is 11.3 Å². The van der Waals surface area contributed by atoms with Crippen molar-refractivity contribution in [3.63, 3.8) is 0 Å². The molecule has 2 aliphatic rings. The van der Waals surface area contributed by atoms with E-state index in [9.17, 15) is 9.59 Å². The van der Waals surface area contributed by atoms with Crippen molar-refractivity contribution in [3.05, 3.63) is 29.8 Å². The van der Waals surface area contributed by atoms with Gasteiger partial charge in [0, 0.05) is 31.7 Å². The number of para-hydroxylation sites is 1. The van der Waals surface area contributed by atoms with E-state index in [-0.39, 0.29) is 29.9 Å². The number of carbonyl (C=O) groups is 2. The third-order valence-corrected chi connectivity index (χ3v) is 4.61. The van der Waals surface area contributed by atoms with Crippen molar-refractivity contribution in [2.24, 2.45) is 5.92 Å². The Morgan fingerprint density at radius 1 is 1.13 bits per heavy atom. The highest BCUT2D eigenvalue weighted by molar-refractivity contribution is 6.00. The Hall–Kier alpha value is -1.88. The van der Waals surface area contributed by atoms with Crippen LogP contribution in [0.1, 0.15) is 25.8 Å². The standard InChI is InChI=1S/C18H24N2O3/c1-12-6-4-5-7-16(12)20-11-15(8-17(20)21)18(22)19-9-13(2)23-14(3)10-19/h4-7,13-15H,8-11H2,1-3H3/t13-,14+,15-/m0/s1. The fourth-order valence-corrected chi connectivity index (χ4v) is 3.59. The van der Waals surface area contributed by atoms with Crippen molar-refractivity contribution < 1.29 is 14.3 Å². The number of benzene rings is 1. The Kier molecular flexibility index (Phi) is 4.39. The number of hydrogen-bond donors (Lipinski definition) is 0. The number of nitrogens with zero attached hydrogens (tertiary/aromatic N) is 2. The summed E-state index contributed by atoms with van der Waals surface area (Å²) in [6.07, 6.45) is 0.396. The average molecular weight is 316 g/mol. The van der Waals surface area contributed by atoms with Crippen molar-refractivity contribution in [2.75, 3.05) is 24.5 Å². The predicted molar refractivity (Wildman–Crippen MR) is 88.2 cm³/mol. The van der Waals surface area contributed by atoms with Crippen LogP contribution in [0.25, 0.3) is 0 Å². The third-order valence-electron chi connectivity index (χ3n) is 4.61. The molecule has 0 spiro atoms. The van der Waals surface area contributed by atoms with Crippen molar-refractivity contribution in [1.29, 1.82) is 0 Å². The molecule has 1 aromatic rings. The molecular weight excluding hydrogens is 292 g/mol. The summed E-state index contributed by atoms with van der Waals surface area (Å²) in [5.74, 6) is -0.136. The van der Waals surface area contributed by atoms with Crippen molar-refractivity contribution in [3.8, 4) is 0 Å². The lowest BCUT2D eigenvalue weighted by Gasteiger charge is -2.36. The maximum atomic E-state index is 12.8. The Balaban J connectivity index is 1.72. The summed E-state index contributed by atoms with van der Waals surface area (Å²) < 4.78 is 5.69. The van der Waals surface area contributed by atoms with E-state index in [0.29, 0.717) is 26.1 Å². The van der Waals surface area contributed by atoms with Crippen LogP contribution in [0, 0.1) is 12.8 Å². The first kappa shape index (κ1) is 16.0.